The Labute approximate surface area is 71.1 Å². The first kappa shape index (κ1) is 9.62. The van der Waals surface area contributed by atoms with Crippen molar-refractivity contribution in [2.24, 2.45) is 5.92 Å². The van der Waals surface area contributed by atoms with Crippen molar-refractivity contribution >= 4 is 5.78 Å². The fourth-order valence-electron chi connectivity index (χ4n) is 1.72. The Bertz CT molecular complexity index is 171. The van der Waals surface area contributed by atoms with Crippen LogP contribution in [-0.2, 0) is 4.79 Å². The van der Waals surface area contributed by atoms with Crippen molar-refractivity contribution in [3.8, 4) is 0 Å². The molecule has 0 heterocycles. The number of hydrogen-bond acceptors (Lipinski definition) is 1. The topological polar surface area (TPSA) is 17.1 Å². The van der Waals surface area contributed by atoms with Crippen molar-refractivity contribution in [3.63, 3.8) is 0 Å². The number of alkyl halides is 2. The van der Waals surface area contributed by atoms with E-state index in [0.29, 0.717) is 0 Å². The molecule has 0 atom stereocenters. The predicted molar refractivity (Wildman–Crippen MR) is 42.2 cm³/mol. The van der Waals surface area contributed by atoms with Crippen LogP contribution < -0.4 is 0 Å². The SMILES string of the molecule is CC(=O)C(F)(F)CC1CCCC1. The third-order valence-electron chi connectivity index (χ3n) is 2.53. The summed E-state index contributed by atoms with van der Waals surface area (Å²) < 4.78 is 25.7. The van der Waals surface area contributed by atoms with Crippen LogP contribution in [-0.4, -0.2) is 11.7 Å². The average molecular weight is 176 g/mol. The minimum Gasteiger partial charge on any atom is -0.293 e. The fourth-order valence-corrected chi connectivity index (χ4v) is 1.72. The Kier molecular flexibility index (Phi) is 2.80. The highest BCUT2D eigenvalue weighted by atomic mass is 19.3. The highest BCUT2D eigenvalue weighted by Gasteiger charge is 2.38. The molecule has 0 radical (unpaired) electrons. The van der Waals surface area contributed by atoms with Gasteiger partial charge in [-0.3, -0.25) is 4.79 Å². The maximum atomic E-state index is 12.8. The minimum atomic E-state index is -3.07. The molecule has 1 nitrogen and oxygen atoms in total. The smallest absolute Gasteiger partial charge is 0.293 e. The number of ketones is 1. The molecule has 0 amide bonds. The van der Waals surface area contributed by atoms with Crippen LogP contribution in [0.3, 0.4) is 0 Å². The van der Waals surface area contributed by atoms with Crippen molar-refractivity contribution in [1.82, 2.24) is 0 Å². The first-order valence-electron chi connectivity index (χ1n) is 4.41. The normalized spacial score (nSPS) is 19.9. The van der Waals surface area contributed by atoms with E-state index in [2.05, 4.69) is 0 Å². The van der Waals surface area contributed by atoms with Crippen molar-refractivity contribution in [3.05, 3.63) is 0 Å². The maximum Gasteiger partial charge on any atom is 0.305 e. The fraction of sp³-hybridized carbons (Fsp3) is 0.889. The van der Waals surface area contributed by atoms with Crippen LogP contribution in [0.25, 0.3) is 0 Å². The highest BCUT2D eigenvalue weighted by molar-refractivity contribution is 5.82. The molecule has 0 aliphatic heterocycles. The first-order valence-corrected chi connectivity index (χ1v) is 4.41. The van der Waals surface area contributed by atoms with Crippen LogP contribution in [0.1, 0.15) is 39.0 Å². The van der Waals surface area contributed by atoms with E-state index in [4.69, 9.17) is 0 Å². The van der Waals surface area contributed by atoms with Crippen molar-refractivity contribution in [1.29, 1.82) is 0 Å². The van der Waals surface area contributed by atoms with E-state index in [0.717, 1.165) is 32.6 Å². The summed E-state index contributed by atoms with van der Waals surface area (Å²) in [5.41, 5.74) is 0. The van der Waals surface area contributed by atoms with E-state index in [1.54, 1.807) is 0 Å². The second kappa shape index (κ2) is 3.50. The molecule has 1 aliphatic rings. The van der Waals surface area contributed by atoms with Gasteiger partial charge in [0.2, 0.25) is 0 Å². The summed E-state index contributed by atoms with van der Waals surface area (Å²) in [6.45, 7) is 0.967. The van der Waals surface area contributed by atoms with Gasteiger partial charge in [-0.1, -0.05) is 25.7 Å². The Balaban J connectivity index is 2.42. The van der Waals surface area contributed by atoms with Crippen molar-refractivity contribution < 1.29 is 13.6 Å². The Morgan fingerprint density at radius 1 is 1.42 bits per heavy atom. The lowest BCUT2D eigenvalue weighted by Crippen LogP contribution is -2.28. The molecule has 1 aliphatic carbocycles. The summed E-state index contributed by atoms with van der Waals surface area (Å²) in [5, 5.41) is 0. The first-order chi connectivity index (χ1) is 5.52. The lowest BCUT2D eigenvalue weighted by molar-refractivity contribution is -0.143. The molecule has 0 N–H and O–H groups in total. The molecule has 1 rings (SSSR count). The number of Topliss-reactive ketones (excluding diaryl/α,β-unsaturated/α-hetero) is 1. The van der Waals surface area contributed by atoms with Gasteiger partial charge in [-0.15, -0.1) is 0 Å². The number of hydrogen-bond donors (Lipinski definition) is 0. The molecule has 1 fully saturated rings. The number of rotatable bonds is 3. The summed E-state index contributed by atoms with van der Waals surface area (Å²) in [4.78, 5) is 10.5. The monoisotopic (exact) mass is 176 g/mol. The summed E-state index contributed by atoms with van der Waals surface area (Å²) in [7, 11) is 0. The molecule has 1 saturated carbocycles. The zero-order valence-electron chi connectivity index (χ0n) is 7.28. The average Bonchev–Trinajstić information content (AvgIpc) is 2.38. The van der Waals surface area contributed by atoms with Crippen molar-refractivity contribution in [2.75, 3.05) is 0 Å². The zero-order valence-corrected chi connectivity index (χ0v) is 7.28. The molecule has 0 spiro atoms. The van der Waals surface area contributed by atoms with E-state index in [1.165, 1.54) is 0 Å². The molecule has 0 bridgehead atoms. The van der Waals surface area contributed by atoms with Gasteiger partial charge in [-0.2, -0.15) is 8.78 Å². The molecule has 0 aromatic rings. The van der Waals surface area contributed by atoms with Gasteiger partial charge >= 0.3 is 5.92 Å². The van der Waals surface area contributed by atoms with E-state index in [9.17, 15) is 13.6 Å². The molecule has 0 unspecified atom stereocenters. The second-order valence-electron chi connectivity index (χ2n) is 3.62. The van der Waals surface area contributed by atoms with Gasteiger partial charge in [0.15, 0.2) is 5.78 Å². The largest absolute Gasteiger partial charge is 0.305 e. The van der Waals surface area contributed by atoms with Crippen LogP contribution in [0.15, 0.2) is 0 Å². The number of carbonyl (C=O) groups excluding carboxylic acids is 1. The zero-order chi connectivity index (χ0) is 9.19. The van der Waals surface area contributed by atoms with Crippen LogP contribution in [0.5, 0.6) is 0 Å². The number of halogens is 2. The van der Waals surface area contributed by atoms with Gasteiger partial charge in [0.1, 0.15) is 0 Å². The molecular weight excluding hydrogens is 162 g/mol. The highest BCUT2D eigenvalue weighted by Crippen LogP contribution is 2.34. The van der Waals surface area contributed by atoms with Gasteiger partial charge in [-0.25, -0.2) is 0 Å². The standard InChI is InChI=1S/C9H14F2O/c1-7(12)9(10,11)6-8-4-2-3-5-8/h8H,2-6H2,1H3. The molecular formula is C9H14F2O. The Morgan fingerprint density at radius 3 is 2.33 bits per heavy atom. The second-order valence-corrected chi connectivity index (χ2v) is 3.62. The summed E-state index contributed by atoms with van der Waals surface area (Å²) >= 11 is 0. The van der Waals surface area contributed by atoms with Gasteiger partial charge < -0.3 is 0 Å². The minimum absolute atomic E-state index is 0.0731. The molecule has 0 saturated heterocycles. The summed E-state index contributed by atoms with van der Waals surface area (Å²) in [6.07, 6.45) is 3.57. The van der Waals surface area contributed by atoms with E-state index >= 15 is 0 Å². The predicted octanol–water partition coefficient (Wildman–Crippen LogP) is 2.79. The van der Waals surface area contributed by atoms with E-state index in [1.807, 2.05) is 0 Å². The van der Waals surface area contributed by atoms with Crippen molar-refractivity contribution in [2.45, 2.75) is 45.0 Å². The summed E-state index contributed by atoms with van der Waals surface area (Å²) in [5.74, 6) is -3.99. The van der Waals surface area contributed by atoms with Crippen LogP contribution in [0.4, 0.5) is 8.78 Å². The van der Waals surface area contributed by atoms with E-state index < -0.39 is 11.7 Å². The van der Waals surface area contributed by atoms with Crippen LogP contribution >= 0.6 is 0 Å². The van der Waals surface area contributed by atoms with Crippen LogP contribution in [0, 0.1) is 5.92 Å². The quantitative estimate of drug-likeness (QED) is 0.646. The molecule has 70 valence electrons. The van der Waals surface area contributed by atoms with E-state index in [-0.39, 0.29) is 12.3 Å². The lowest BCUT2D eigenvalue weighted by Gasteiger charge is -2.16. The van der Waals surface area contributed by atoms with Gasteiger partial charge in [0, 0.05) is 13.3 Å². The Morgan fingerprint density at radius 2 is 1.92 bits per heavy atom. The third kappa shape index (κ3) is 2.26. The Hall–Kier alpha value is -0.470. The third-order valence-corrected chi connectivity index (χ3v) is 2.53. The van der Waals surface area contributed by atoms with Gasteiger partial charge in [-0.05, 0) is 5.92 Å². The lowest BCUT2D eigenvalue weighted by atomic mass is 9.97. The molecule has 12 heavy (non-hydrogen) atoms. The maximum absolute atomic E-state index is 12.8. The molecule has 0 aromatic heterocycles. The van der Waals surface area contributed by atoms with Gasteiger partial charge in [0.25, 0.3) is 0 Å². The van der Waals surface area contributed by atoms with Gasteiger partial charge in [0.05, 0.1) is 0 Å². The number of carbonyl (C=O) groups is 1. The van der Waals surface area contributed by atoms with Crippen LogP contribution in [0.2, 0.25) is 0 Å². The molecule has 3 heteroatoms. The molecule has 0 aromatic carbocycles. The summed E-state index contributed by atoms with van der Waals surface area (Å²) in [6, 6.07) is 0.